The molecule has 1 aliphatic carbocycles. The number of carbonyl (C=O) groups excluding carboxylic acids is 1. The van der Waals surface area contributed by atoms with Crippen molar-refractivity contribution in [3.8, 4) is 6.07 Å². The lowest BCUT2D eigenvalue weighted by Crippen LogP contribution is -2.40. The third-order valence-electron chi connectivity index (χ3n) is 5.04. The van der Waals surface area contributed by atoms with Crippen molar-refractivity contribution in [3.63, 3.8) is 0 Å². The molecule has 0 saturated heterocycles. The van der Waals surface area contributed by atoms with Crippen molar-refractivity contribution in [1.29, 1.82) is 5.26 Å². The first-order valence-corrected chi connectivity index (χ1v) is 9.18. The summed E-state index contributed by atoms with van der Waals surface area (Å²) in [5, 5.41) is 8.89. The minimum atomic E-state index is -0.244. The van der Waals surface area contributed by atoms with Crippen LogP contribution >= 0.6 is 0 Å². The molecule has 1 fully saturated rings. The Morgan fingerprint density at radius 1 is 1.12 bits per heavy atom. The van der Waals surface area contributed by atoms with Gasteiger partial charge in [0.15, 0.2) is 0 Å². The van der Waals surface area contributed by atoms with Gasteiger partial charge in [-0.15, -0.1) is 0 Å². The van der Waals surface area contributed by atoms with Gasteiger partial charge in [0.2, 0.25) is 0 Å². The van der Waals surface area contributed by atoms with E-state index >= 15 is 0 Å². The van der Waals surface area contributed by atoms with Crippen LogP contribution in [0.3, 0.4) is 0 Å². The Bertz CT molecular complexity index is 789. The molecule has 0 aromatic heterocycles. The minimum absolute atomic E-state index is 0.0267. The SMILES string of the molecule is N#CCc1cccc(C(=O)N(CCc2ccc(F)cc2)C2CCCC2)c1. The predicted octanol–water partition coefficient (Wildman–Crippen LogP) is 4.52. The molecule has 3 nitrogen and oxygen atoms in total. The summed E-state index contributed by atoms with van der Waals surface area (Å²) in [6.45, 7) is 0.623. The molecule has 0 N–H and O–H groups in total. The normalized spacial score (nSPS) is 14.2. The second-order valence-corrected chi connectivity index (χ2v) is 6.85. The molecular formula is C22H23FN2O. The standard InChI is InChI=1S/C22H23FN2O/c23-20-10-8-17(9-11-20)13-15-25(21-6-1-2-7-21)22(26)19-5-3-4-18(16-19)12-14-24/h3-5,8-11,16,21H,1-2,6-7,12-13,15H2. The van der Waals surface area contributed by atoms with Gasteiger partial charge >= 0.3 is 0 Å². The highest BCUT2D eigenvalue weighted by molar-refractivity contribution is 5.94. The molecule has 0 spiro atoms. The van der Waals surface area contributed by atoms with E-state index in [0.29, 0.717) is 24.9 Å². The van der Waals surface area contributed by atoms with Crippen LogP contribution in [0.5, 0.6) is 0 Å². The quantitative estimate of drug-likeness (QED) is 0.769. The molecule has 2 aromatic rings. The molecule has 4 heteroatoms. The lowest BCUT2D eigenvalue weighted by molar-refractivity contribution is 0.0684. The highest BCUT2D eigenvalue weighted by atomic mass is 19.1. The van der Waals surface area contributed by atoms with Crippen molar-refractivity contribution in [2.24, 2.45) is 0 Å². The maximum absolute atomic E-state index is 13.1. The molecule has 1 aliphatic rings. The molecule has 0 unspecified atom stereocenters. The van der Waals surface area contributed by atoms with Gasteiger partial charge in [-0.1, -0.05) is 37.1 Å². The third kappa shape index (κ3) is 4.49. The molecule has 0 bridgehead atoms. The number of amides is 1. The largest absolute Gasteiger partial charge is 0.335 e. The maximum atomic E-state index is 13.1. The van der Waals surface area contributed by atoms with Crippen LogP contribution in [0.4, 0.5) is 4.39 Å². The lowest BCUT2D eigenvalue weighted by atomic mass is 10.1. The van der Waals surface area contributed by atoms with Gasteiger partial charge in [-0.3, -0.25) is 4.79 Å². The summed E-state index contributed by atoms with van der Waals surface area (Å²) in [5.74, 6) is -0.217. The first kappa shape index (κ1) is 18.1. The Morgan fingerprint density at radius 3 is 2.54 bits per heavy atom. The van der Waals surface area contributed by atoms with Crippen LogP contribution in [-0.4, -0.2) is 23.4 Å². The van der Waals surface area contributed by atoms with E-state index in [1.54, 1.807) is 12.1 Å². The average molecular weight is 350 g/mol. The van der Waals surface area contributed by atoms with Crippen LogP contribution in [0.25, 0.3) is 0 Å². The van der Waals surface area contributed by atoms with Crippen molar-refractivity contribution in [1.82, 2.24) is 4.90 Å². The Labute approximate surface area is 154 Å². The van der Waals surface area contributed by atoms with Gasteiger partial charge in [0, 0.05) is 18.2 Å². The third-order valence-corrected chi connectivity index (χ3v) is 5.04. The molecule has 134 valence electrons. The molecule has 26 heavy (non-hydrogen) atoms. The topological polar surface area (TPSA) is 44.1 Å². The first-order chi connectivity index (χ1) is 12.7. The Balaban J connectivity index is 1.76. The number of nitriles is 1. The monoisotopic (exact) mass is 350 g/mol. The number of nitrogens with zero attached hydrogens (tertiary/aromatic N) is 2. The summed E-state index contributed by atoms with van der Waals surface area (Å²) >= 11 is 0. The smallest absolute Gasteiger partial charge is 0.254 e. The van der Waals surface area contributed by atoms with Gasteiger partial charge in [0.1, 0.15) is 5.82 Å². The van der Waals surface area contributed by atoms with Gasteiger partial charge < -0.3 is 4.90 Å². The van der Waals surface area contributed by atoms with Crippen molar-refractivity contribution < 1.29 is 9.18 Å². The number of rotatable bonds is 6. The van der Waals surface area contributed by atoms with E-state index < -0.39 is 0 Å². The fraction of sp³-hybridized carbons (Fsp3) is 0.364. The molecule has 1 amide bonds. The number of carbonyl (C=O) groups is 1. The van der Waals surface area contributed by atoms with Crippen molar-refractivity contribution >= 4 is 5.91 Å². The maximum Gasteiger partial charge on any atom is 0.254 e. The van der Waals surface area contributed by atoms with Crippen molar-refractivity contribution in [2.45, 2.75) is 44.6 Å². The fourth-order valence-electron chi connectivity index (χ4n) is 3.64. The van der Waals surface area contributed by atoms with E-state index in [9.17, 15) is 9.18 Å². The second-order valence-electron chi connectivity index (χ2n) is 6.85. The summed E-state index contributed by atoms with van der Waals surface area (Å²) in [6.07, 6.45) is 5.39. The van der Waals surface area contributed by atoms with Crippen LogP contribution in [0.15, 0.2) is 48.5 Å². The molecule has 0 atom stereocenters. The van der Waals surface area contributed by atoms with Gasteiger partial charge in [-0.2, -0.15) is 5.26 Å². The average Bonchev–Trinajstić information content (AvgIpc) is 3.18. The Morgan fingerprint density at radius 2 is 1.85 bits per heavy atom. The zero-order chi connectivity index (χ0) is 18.4. The molecule has 2 aromatic carbocycles. The van der Waals surface area contributed by atoms with Crippen LogP contribution < -0.4 is 0 Å². The zero-order valence-electron chi connectivity index (χ0n) is 14.8. The van der Waals surface area contributed by atoms with Gasteiger partial charge in [-0.05, 0) is 54.7 Å². The van der Waals surface area contributed by atoms with E-state index in [2.05, 4.69) is 6.07 Å². The van der Waals surface area contributed by atoms with Gasteiger partial charge in [0.25, 0.3) is 5.91 Å². The highest BCUT2D eigenvalue weighted by Gasteiger charge is 2.27. The molecule has 0 radical (unpaired) electrons. The molecule has 0 aliphatic heterocycles. The second kappa shape index (κ2) is 8.62. The molecule has 0 heterocycles. The Kier molecular flexibility index (Phi) is 6.01. The number of halogens is 1. The van der Waals surface area contributed by atoms with Gasteiger partial charge in [-0.25, -0.2) is 4.39 Å². The minimum Gasteiger partial charge on any atom is -0.335 e. The zero-order valence-corrected chi connectivity index (χ0v) is 14.8. The lowest BCUT2D eigenvalue weighted by Gasteiger charge is -2.29. The van der Waals surface area contributed by atoms with E-state index in [1.807, 2.05) is 29.2 Å². The summed E-state index contributed by atoms with van der Waals surface area (Å²) < 4.78 is 13.1. The predicted molar refractivity (Wildman–Crippen MR) is 99.2 cm³/mol. The van der Waals surface area contributed by atoms with Crippen LogP contribution in [0.1, 0.15) is 47.2 Å². The highest BCUT2D eigenvalue weighted by Crippen LogP contribution is 2.25. The number of benzene rings is 2. The number of hydrogen-bond donors (Lipinski definition) is 0. The van der Waals surface area contributed by atoms with Crippen molar-refractivity contribution in [2.75, 3.05) is 6.54 Å². The summed E-state index contributed by atoms with van der Waals surface area (Å²) in [4.78, 5) is 15.1. The molecular weight excluding hydrogens is 327 g/mol. The van der Waals surface area contributed by atoms with Crippen LogP contribution in [-0.2, 0) is 12.8 Å². The van der Waals surface area contributed by atoms with E-state index in [-0.39, 0.29) is 17.8 Å². The first-order valence-electron chi connectivity index (χ1n) is 9.18. The summed E-state index contributed by atoms with van der Waals surface area (Å²) in [6, 6.07) is 16.2. The van der Waals surface area contributed by atoms with E-state index in [0.717, 1.165) is 36.8 Å². The Hall–Kier alpha value is -2.67. The van der Waals surface area contributed by atoms with Crippen molar-refractivity contribution in [3.05, 3.63) is 71.0 Å². The van der Waals surface area contributed by atoms with Gasteiger partial charge in [0.05, 0.1) is 12.5 Å². The summed E-state index contributed by atoms with van der Waals surface area (Å²) in [7, 11) is 0. The fourth-order valence-corrected chi connectivity index (χ4v) is 3.64. The van der Waals surface area contributed by atoms with Crippen LogP contribution in [0.2, 0.25) is 0 Å². The van der Waals surface area contributed by atoms with E-state index in [4.69, 9.17) is 5.26 Å². The summed E-state index contributed by atoms with van der Waals surface area (Å²) in [5.41, 5.74) is 2.53. The molecule has 3 rings (SSSR count). The van der Waals surface area contributed by atoms with E-state index in [1.165, 1.54) is 12.1 Å². The number of hydrogen-bond acceptors (Lipinski definition) is 2. The molecule has 1 saturated carbocycles. The van der Waals surface area contributed by atoms with Crippen LogP contribution in [0, 0.1) is 17.1 Å².